The molecule has 10 heteroatoms. The molecule has 0 aliphatic rings. The van der Waals surface area contributed by atoms with Crippen molar-refractivity contribution in [1.82, 2.24) is 12.3 Å². The molecular weight excluding hydrogens is 231 g/mol. The molecular formula is H10F6GeN2O. The third-order valence-corrected chi connectivity index (χ3v) is 0. The van der Waals surface area contributed by atoms with Crippen LogP contribution in [0.4, 0.5) is 21.0 Å². The third kappa shape index (κ3) is 48100000. The number of hydrogen-bond donors (Lipinski definition) is 2. The Labute approximate surface area is 53.7 Å². The Morgan fingerprint density at radius 3 is 0.600 bits per heavy atom. The Hall–Kier alpha value is 0.00286. The molecule has 0 saturated heterocycles. The Bertz CT molecular complexity index is 74.3. The average Bonchev–Trinajstić information content (AvgIpc) is 0.592. The molecule has 0 heterocycles. The van der Waals surface area contributed by atoms with E-state index in [-0.39, 0.29) is 17.8 Å². The van der Waals surface area contributed by atoms with E-state index in [1.165, 1.54) is 0 Å². The molecule has 0 bridgehead atoms. The standard InChI is InChI=1S/F6Ge.2H3N.H2O/c1-7(2,3,4,5)6;;;/h;2*1H3;1H2/q-2;;;/p+2. The van der Waals surface area contributed by atoms with E-state index in [0.717, 1.165) is 0 Å². The van der Waals surface area contributed by atoms with Crippen LogP contribution in [0.1, 0.15) is 0 Å². The van der Waals surface area contributed by atoms with E-state index in [1.54, 1.807) is 0 Å². The Kier molecular flexibility index (Phi) is 5.76. The van der Waals surface area contributed by atoms with Gasteiger partial charge in [0.15, 0.2) is 0 Å². The summed E-state index contributed by atoms with van der Waals surface area (Å²) in [6.07, 6.45) is 0. The fourth-order valence-corrected chi connectivity index (χ4v) is 0. The zero-order valence-corrected chi connectivity index (χ0v) is 7.37. The van der Waals surface area contributed by atoms with E-state index in [0.29, 0.717) is 0 Å². The number of hydrogen-bond acceptors (Lipinski definition) is 0. The van der Waals surface area contributed by atoms with Gasteiger partial charge in [-0.05, 0) is 0 Å². The van der Waals surface area contributed by atoms with Crippen molar-refractivity contribution >= 4 is 13.9 Å². The second kappa shape index (κ2) is 2.56. The first kappa shape index (κ1) is 22.5. The van der Waals surface area contributed by atoms with Crippen LogP contribution in [0.5, 0.6) is 0 Å². The minimum atomic E-state index is -11.2. The predicted octanol–water partition coefficient (Wildman–Crippen LogP) is 2.07. The van der Waals surface area contributed by atoms with Gasteiger partial charge in [0.2, 0.25) is 0 Å². The molecule has 72 valence electrons. The van der Waals surface area contributed by atoms with Gasteiger partial charge in [0.05, 0.1) is 0 Å². The molecule has 0 aliphatic carbocycles. The number of rotatable bonds is 0. The fourth-order valence-electron chi connectivity index (χ4n) is 0. The van der Waals surface area contributed by atoms with Crippen LogP contribution in [0, 0.1) is 0 Å². The van der Waals surface area contributed by atoms with Gasteiger partial charge in [0.1, 0.15) is 0 Å². The first-order valence-electron chi connectivity index (χ1n) is 1.13. The molecule has 0 amide bonds. The van der Waals surface area contributed by atoms with Crippen LogP contribution in [0.15, 0.2) is 0 Å². The van der Waals surface area contributed by atoms with Gasteiger partial charge in [0, 0.05) is 0 Å². The first-order valence-corrected chi connectivity index (χ1v) is 5.89. The van der Waals surface area contributed by atoms with Crippen molar-refractivity contribution in [1.29, 1.82) is 0 Å². The van der Waals surface area contributed by atoms with Crippen molar-refractivity contribution < 1.29 is 26.5 Å². The summed E-state index contributed by atoms with van der Waals surface area (Å²) in [5.41, 5.74) is 0. The molecule has 0 aromatic rings. The molecule has 0 aromatic carbocycles. The van der Waals surface area contributed by atoms with Gasteiger partial charge in [-0.2, -0.15) is 0 Å². The Morgan fingerprint density at radius 2 is 0.600 bits per heavy atom. The van der Waals surface area contributed by atoms with Crippen molar-refractivity contribution in [3.8, 4) is 0 Å². The van der Waals surface area contributed by atoms with Gasteiger partial charge in [0.25, 0.3) is 0 Å². The summed E-state index contributed by atoms with van der Waals surface area (Å²) in [5, 5.41) is 0. The second-order valence-corrected chi connectivity index (χ2v) is 5.57. The molecule has 0 aromatic heterocycles. The largest absolute Gasteiger partial charge is 0.369 e. The molecule has 3 nitrogen and oxygen atoms in total. The van der Waals surface area contributed by atoms with Crippen LogP contribution < -0.4 is 12.3 Å². The number of quaternary nitrogens is 2. The van der Waals surface area contributed by atoms with E-state index >= 15 is 0 Å². The summed E-state index contributed by atoms with van der Waals surface area (Å²) in [6, 6.07) is 0. The van der Waals surface area contributed by atoms with Gasteiger partial charge in [-0.3, -0.25) is 0 Å². The zero-order chi connectivity index (χ0) is 6.41. The van der Waals surface area contributed by atoms with Crippen LogP contribution in [0.3, 0.4) is 0 Å². The van der Waals surface area contributed by atoms with E-state index in [2.05, 4.69) is 0 Å². The molecule has 0 fully saturated rings. The van der Waals surface area contributed by atoms with Crippen molar-refractivity contribution in [2.24, 2.45) is 0 Å². The maximum Gasteiger partial charge on any atom is -0.369 e. The molecule has 0 spiro atoms. The van der Waals surface area contributed by atoms with Crippen molar-refractivity contribution in [2.45, 2.75) is 0 Å². The first-order chi connectivity index (χ1) is 2.45. The Morgan fingerprint density at radius 1 is 0.600 bits per heavy atom. The molecule has 0 unspecified atom stereocenters. The van der Waals surface area contributed by atoms with Gasteiger partial charge in [-0.25, -0.2) is 0 Å². The quantitative estimate of drug-likeness (QED) is 0.478. The predicted molar refractivity (Wildman–Crippen MR) is 28.0 cm³/mol. The van der Waals surface area contributed by atoms with Gasteiger partial charge in [-0.1, -0.05) is 0 Å². The maximum atomic E-state index is 9.92. The van der Waals surface area contributed by atoms with Crippen molar-refractivity contribution in [3.63, 3.8) is 0 Å². The summed E-state index contributed by atoms with van der Waals surface area (Å²) in [5.74, 6) is 0. The van der Waals surface area contributed by atoms with Crippen LogP contribution in [0.25, 0.3) is 0 Å². The third-order valence-electron chi connectivity index (χ3n) is 0. The summed E-state index contributed by atoms with van der Waals surface area (Å²) < 4.78 is 59.5. The molecule has 0 aliphatic heterocycles. The maximum absolute atomic E-state index is 11.2. The monoisotopic (exact) mass is 242 g/mol. The topological polar surface area (TPSA) is 104 Å². The average molecular weight is 241 g/mol. The molecule has 0 saturated carbocycles. The van der Waals surface area contributed by atoms with Gasteiger partial charge in [-0.15, -0.1) is 0 Å². The van der Waals surface area contributed by atoms with Crippen LogP contribution in [0.2, 0.25) is 0 Å². The fraction of sp³-hybridized carbons (Fsp3) is 0. The minimum Gasteiger partial charge on any atom is -0.369 e. The van der Waals surface area contributed by atoms with Crippen molar-refractivity contribution in [2.75, 3.05) is 0 Å². The van der Waals surface area contributed by atoms with E-state index < -0.39 is 13.9 Å². The molecule has 0 atom stereocenters. The molecule has 0 radical (unpaired) electrons. The van der Waals surface area contributed by atoms with E-state index in [4.69, 9.17) is 0 Å². The SMILES string of the molecule is O.[F][Ge-2]([F])([F])([F])([F])[F].[NH4+].[NH4+]. The summed E-state index contributed by atoms with van der Waals surface area (Å²) in [6.45, 7) is 0. The molecule has 0 rings (SSSR count). The van der Waals surface area contributed by atoms with Crippen molar-refractivity contribution in [3.05, 3.63) is 0 Å². The Balaban J connectivity index is -0.0000000600. The van der Waals surface area contributed by atoms with Gasteiger partial charge < -0.3 is 17.8 Å². The summed E-state index contributed by atoms with van der Waals surface area (Å²) in [4.78, 5) is 0. The zero-order valence-electron chi connectivity index (χ0n) is 5.27. The summed E-state index contributed by atoms with van der Waals surface area (Å²) >= 11 is -11.2. The normalized spacial score (nSPS) is 16.2. The smallest absolute Gasteiger partial charge is 0.369 e. The number of halogens is 6. The van der Waals surface area contributed by atoms with Crippen LogP contribution in [-0.4, -0.2) is 19.4 Å². The summed E-state index contributed by atoms with van der Waals surface area (Å²) in [7, 11) is 0. The van der Waals surface area contributed by atoms with Crippen LogP contribution in [-0.2, 0) is 0 Å². The minimum absolute atomic E-state index is 0. The molecule has 10 N–H and O–H groups in total. The van der Waals surface area contributed by atoms with Crippen LogP contribution >= 0.6 is 0 Å². The second-order valence-electron chi connectivity index (χ2n) is 1.07. The molecule has 10 heavy (non-hydrogen) atoms. The van der Waals surface area contributed by atoms with Gasteiger partial charge >= 0.3 is 34.9 Å². The van der Waals surface area contributed by atoms with E-state index in [9.17, 15) is 21.0 Å². The van der Waals surface area contributed by atoms with E-state index in [1.807, 2.05) is 0 Å².